The van der Waals surface area contributed by atoms with Crippen molar-refractivity contribution >= 4 is 24.5 Å². The molecule has 1 rings (SSSR count). The molecule has 0 aromatic carbocycles. The fourth-order valence-electron chi connectivity index (χ4n) is 1.61. The first-order chi connectivity index (χ1) is 9.01. The van der Waals surface area contributed by atoms with Gasteiger partial charge in [0.25, 0.3) is 0 Å². The maximum Gasteiger partial charge on any atom is 0.329 e. The van der Waals surface area contributed by atoms with Gasteiger partial charge in [-0.3, -0.25) is 9.48 Å². The maximum absolute atomic E-state index is 12.1. The minimum atomic E-state index is -0.742. The van der Waals surface area contributed by atoms with Crippen LogP contribution in [0.2, 0.25) is 0 Å². The first-order valence-electron chi connectivity index (χ1n) is 6.09. The molecule has 0 saturated carbocycles. The highest BCUT2D eigenvalue weighted by Crippen LogP contribution is 2.08. The number of carbonyl (C=O) groups is 2. The molecule has 0 aliphatic rings. The van der Waals surface area contributed by atoms with E-state index in [4.69, 9.17) is 4.74 Å². The van der Waals surface area contributed by atoms with Crippen LogP contribution in [0.1, 0.15) is 25.6 Å². The van der Waals surface area contributed by atoms with E-state index in [0.717, 1.165) is 5.69 Å². The van der Waals surface area contributed by atoms with Crippen LogP contribution >= 0.6 is 12.6 Å². The Hall–Kier alpha value is -1.50. The minimum Gasteiger partial charge on any atom is -0.464 e. The van der Waals surface area contributed by atoms with Crippen LogP contribution in [0.25, 0.3) is 0 Å². The number of ether oxygens (including phenoxy) is 1. The third-order valence-electron chi connectivity index (χ3n) is 2.68. The summed E-state index contributed by atoms with van der Waals surface area (Å²) in [6.07, 6.45) is 1.63. The molecule has 7 heteroatoms. The Bertz CT molecular complexity index is 447. The average molecular weight is 285 g/mol. The van der Waals surface area contributed by atoms with E-state index in [1.165, 1.54) is 0 Å². The van der Waals surface area contributed by atoms with Crippen molar-refractivity contribution in [2.75, 3.05) is 12.4 Å². The number of thiol groups is 1. The molecule has 1 aromatic heterocycles. The Morgan fingerprint density at radius 3 is 2.74 bits per heavy atom. The normalized spacial score (nSPS) is 13.7. The fourth-order valence-corrected chi connectivity index (χ4v) is 1.85. The second-order valence-corrected chi connectivity index (χ2v) is 4.45. The molecule has 0 fully saturated rings. The number of hydrogen-bond donors (Lipinski definition) is 2. The van der Waals surface area contributed by atoms with Crippen molar-refractivity contribution in [3.05, 3.63) is 18.0 Å². The SMILES string of the molecule is CCOC(=O)[C@H](CS)NC(=O)C(C)n1nccc1C. The number of hydrogen-bond acceptors (Lipinski definition) is 5. The van der Waals surface area contributed by atoms with Gasteiger partial charge in [-0.05, 0) is 26.8 Å². The second-order valence-electron chi connectivity index (χ2n) is 4.09. The van der Waals surface area contributed by atoms with Crippen LogP contribution in [0.3, 0.4) is 0 Å². The summed E-state index contributed by atoms with van der Waals surface area (Å²) in [6.45, 7) is 5.56. The van der Waals surface area contributed by atoms with E-state index in [-0.39, 0.29) is 18.3 Å². The van der Waals surface area contributed by atoms with Crippen LogP contribution in [0.5, 0.6) is 0 Å². The number of aryl methyl sites for hydroxylation is 1. The monoisotopic (exact) mass is 285 g/mol. The lowest BCUT2D eigenvalue weighted by molar-refractivity contribution is -0.147. The number of aromatic nitrogens is 2. The van der Waals surface area contributed by atoms with Gasteiger partial charge >= 0.3 is 5.97 Å². The summed E-state index contributed by atoms with van der Waals surface area (Å²) in [5.41, 5.74) is 0.876. The molecule has 106 valence electrons. The predicted molar refractivity (Wildman–Crippen MR) is 74.1 cm³/mol. The molecule has 1 unspecified atom stereocenters. The van der Waals surface area contributed by atoms with Gasteiger partial charge in [-0.2, -0.15) is 17.7 Å². The van der Waals surface area contributed by atoms with Crippen molar-refractivity contribution < 1.29 is 14.3 Å². The summed E-state index contributed by atoms with van der Waals surface area (Å²) in [6, 6.07) is 0.575. The van der Waals surface area contributed by atoms with Gasteiger partial charge < -0.3 is 10.1 Å². The Morgan fingerprint density at radius 1 is 1.58 bits per heavy atom. The predicted octanol–water partition coefficient (Wildman–Crippen LogP) is 0.730. The van der Waals surface area contributed by atoms with Crippen LogP contribution in [-0.2, 0) is 14.3 Å². The molecule has 0 bridgehead atoms. The zero-order valence-corrected chi connectivity index (χ0v) is 12.2. The van der Waals surface area contributed by atoms with Crippen molar-refractivity contribution in [1.29, 1.82) is 0 Å². The third-order valence-corrected chi connectivity index (χ3v) is 3.05. The lowest BCUT2D eigenvalue weighted by atomic mass is 10.2. The number of rotatable bonds is 6. The number of carbonyl (C=O) groups excluding carboxylic acids is 2. The molecular formula is C12H19N3O3S. The molecule has 1 aromatic rings. The Balaban J connectivity index is 2.67. The fraction of sp³-hybridized carbons (Fsp3) is 0.583. The van der Waals surface area contributed by atoms with E-state index in [1.54, 1.807) is 24.7 Å². The Morgan fingerprint density at radius 2 is 2.26 bits per heavy atom. The van der Waals surface area contributed by atoms with E-state index < -0.39 is 18.1 Å². The molecule has 0 radical (unpaired) electrons. The number of esters is 1. The maximum atomic E-state index is 12.1. The highest BCUT2D eigenvalue weighted by Gasteiger charge is 2.24. The van der Waals surface area contributed by atoms with Crippen LogP contribution in [-0.4, -0.2) is 40.1 Å². The van der Waals surface area contributed by atoms with Gasteiger partial charge in [0.2, 0.25) is 5.91 Å². The molecular weight excluding hydrogens is 266 g/mol. The van der Waals surface area contributed by atoms with Gasteiger partial charge in [-0.15, -0.1) is 0 Å². The minimum absolute atomic E-state index is 0.190. The van der Waals surface area contributed by atoms with Crippen LogP contribution in [0.15, 0.2) is 12.3 Å². The van der Waals surface area contributed by atoms with Gasteiger partial charge in [0.05, 0.1) is 6.61 Å². The molecule has 1 amide bonds. The van der Waals surface area contributed by atoms with Gasteiger partial charge in [0.15, 0.2) is 0 Å². The standard InChI is InChI=1S/C12H19N3O3S/c1-4-18-12(17)10(7-19)14-11(16)9(3)15-8(2)5-6-13-15/h5-6,9-10,19H,4,7H2,1-3H3,(H,14,16)/t9?,10-/m0/s1. The topological polar surface area (TPSA) is 73.2 Å². The first-order valence-corrected chi connectivity index (χ1v) is 6.72. The largest absolute Gasteiger partial charge is 0.464 e. The summed E-state index contributed by atoms with van der Waals surface area (Å²) in [5, 5.41) is 6.69. The third kappa shape index (κ3) is 3.99. The highest BCUT2D eigenvalue weighted by atomic mass is 32.1. The number of amides is 1. The molecule has 19 heavy (non-hydrogen) atoms. The lowest BCUT2D eigenvalue weighted by Gasteiger charge is -2.19. The van der Waals surface area contributed by atoms with Gasteiger partial charge in [0.1, 0.15) is 12.1 Å². The highest BCUT2D eigenvalue weighted by molar-refractivity contribution is 7.80. The number of nitrogens with zero attached hydrogens (tertiary/aromatic N) is 2. The average Bonchev–Trinajstić information content (AvgIpc) is 2.81. The molecule has 1 N–H and O–H groups in total. The van der Waals surface area contributed by atoms with Crippen LogP contribution in [0.4, 0.5) is 0 Å². The zero-order chi connectivity index (χ0) is 14.4. The first kappa shape index (κ1) is 15.6. The van der Waals surface area contributed by atoms with Gasteiger partial charge in [-0.25, -0.2) is 4.79 Å². The van der Waals surface area contributed by atoms with Crippen molar-refractivity contribution in [3.63, 3.8) is 0 Å². The van der Waals surface area contributed by atoms with Gasteiger partial charge in [-0.1, -0.05) is 0 Å². The van der Waals surface area contributed by atoms with Crippen molar-refractivity contribution in [2.24, 2.45) is 0 Å². The van der Waals surface area contributed by atoms with Crippen molar-refractivity contribution in [2.45, 2.75) is 32.9 Å². The molecule has 0 saturated heterocycles. The summed E-state index contributed by atoms with van der Waals surface area (Å²) in [7, 11) is 0. The molecule has 0 aliphatic heterocycles. The summed E-state index contributed by atoms with van der Waals surface area (Å²) >= 11 is 4.05. The quantitative estimate of drug-likeness (QED) is 0.597. The smallest absolute Gasteiger partial charge is 0.329 e. The Kier molecular flexibility index (Phi) is 5.88. The molecule has 0 aliphatic carbocycles. The van der Waals surface area contributed by atoms with E-state index in [0.29, 0.717) is 0 Å². The second kappa shape index (κ2) is 7.18. The zero-order valence-electron chi connectivity index (χ0n) is 11.3. The molecule has 0 spiro atoms. The van der Waals surface area contributed by atoms with E-state index in [9.17, 15) is 9.59 Å². The van der Waals surface area contributed by atoms with Crippen molar-refractivity contribution in [1.82, 2.24) is 15.1 Å². The molecule has 6 nitrogen and oxygen atoms in total. The summed E-state index contributed by atoms with van der Waals surface area (Å²) < 4.78 is 6.46. The number of nitrogens with one attached hydrogen (secondary N) is 1. The molecule has 2 atom stereocenters. The van der Waals surface area contributed by atoms with E-state index in [2.05, 4.69) is 23.0 Å². The summed E-state index contributed by atoms with van der Waals surface area (Å²) in [4.78, 5) is 23.6. The van der Waals surface area contributed by atoms with Crippen LogP contribution in [0, 0.1) is 6.92 Å². The van der Waals surface area contributed by atoms with Gasteiger partial charge in [0, 0.05) is 17.6 Å². The molecule has 1 heterocycles. The summed E-state index contributed by atoms with van der Waals surface area (Å²) in [5.74, 6) is -0.579. The Labute approximate surface area is 117 Å². The lowest BCUT2D eigenvalue weighted by Crippen LogP contribution is -2.45. The van der Waals surface area contributed by atoms with Crippen LogP contribution < -0.4 is 5.32 Å². The van der Waals surface area contributed by atoms with E-state index in [1.807, 2.05) is 13.0 Å². The van der Waals surface area contributed by atoms with Crippen molar-refractivity contribution in [3.8, 4) is 0 Å². The van der Waals surface area contributed by atoms with E-state index >= 15 is 0 Å².